The lowest BCUT2D eigenvalue weighted by atomic mass is 9.99. The largest absolute Gasteiger partial charge is 0.357 e. The van der Waals surface area contributed by atoms with Crippen LogP contribution in [0.2, 0.25) is 0 Å². The molecule has 1 rings (SSSR count). The SMILES string of the molecule is CCC(C)C(N)C(=O)Nc1ccc(N(CC)CC)nc1. The summed E-state index contributed by atoms with van der Waals surface area (Å²) in [7, 11) is 0. The number of carbonyl (C=O) groups excluding carboxylic acids is 1. The molecule has 1 aromatic heterocycles. The Balaban J connectivity index is 2.68. The molecule has 5 nitrogen and oxygen atoms in total. The number of nitrogens with one attached hydrogen (secondary N) is 1. The van der Waals surface area contributed by atoms with E-state index in [-0.39, 0.29) is 11.8 Å². The highest BCUT2D eigenvalue weighted by Gasteiger charge is 2.19. The van der Waals surface area contributed by atoms with Gasteiger partial charge in [-0.15, -0.1) is 0 Å². The quantitative estimate of drug-likeness (QED) is 0.802. The molecule has 0 saturated heterocycles. The summed E-state index contributed by atoms with van der Waals surface area (Å²) in [6.07, 6.45) is 2.56. The predicted octanol–water partition coefficient (Wildman–Crippen LogP) is 2.24. The number of carbonyl (C=O) groups is 1. The van der Waals surface area contributed by atoms with E-state index in [4.69, 9.17) is 5.73 Å². The average Bonchev–Trinajstić information content (AvgIpc) is 2.48. The second-order valence-electron chi connectivity index (χ2n) is 4.98. The molecule has 2 atom stereocenters. The highest BCUT2D eigenvalue weighted by molar-refractivity contribution is 5.94. The Kier molecular flexibility index (Phi) is 6.45. The third kappa shape index (κ3) is 4.20. The maximum absolute atomic E-state index is 12.0. The zero-order chi connectivity index (χ0) is 15.1. The summed E-state index contributed by atoms with van der Waals surface area (Å²) in [5.41, 5.74) is 6.58. The Hall–Kier alpha value is -1.62. The molecule has 20 heavy (non-hydrogen) atoms. The van der Waals surface area contributed by atoms with Crippen LogP contribution in [0.15, 0.2) is 18.3 Å². The minimum Gasteiger partial charge on any atom is -0.357 e. The number of hydrogen-bond acceptors (Lipinski definition) is 4. The minimum absolute atomic E-state index is 0.156. The van der Waals surface area contributed by atoms with Crippen molar-refractivity contribution in [1.29, 1.82) is 0 Å². The smallest absolute Gasteiger partial charge is 0.241 e. The van der Waals surface area contributed by atoms with Gasteiger partial charge in [0.25, 0.3) is 0 Å². The summed E-state index contributed by atoms with van der Waals surface area (Å²) in [5, 5.41) is 2.81. The van der Waals surface area contributed by atoms with Crippen molar-refractivity contribution in [2.24, 2.45) is 11.7 Å². The van der Waals surface area contributed by atoms with Crippen LogP contribution in [0.3, 0.4) is 0 Å². The van der Waals surface area contributed by atoms with E-state index in [1.165, 1.54) is 0 Å². The summed E-state index contributed by atoms with van der Waals surface area (Å²) in [6.45, 7) is 10.0. The summed E-state index contributed by atoms with van der Waals surface area (Å²) in [6, 6.07) is 3.29. The van der Waals surface area contributed by atoms with Gasteiger partial charge in [-0.3, -0.25) is 4.79 Å². The zero-order valence-electron chi connectivity index (χ0n) is 12.9. The molecule has 0 bridgehead atoms. The fraction of sp³-hybridized carbons (Fsp3) is 0.600. The fourth-order valence-corrected chi connectivity index (χ4v) is 1.93. The van der Waals surface area contributed by atoms with Gasteiger partial charge in [0, 0.05) is 13.1 Å². The number of nitrogens with zero attached hydrogens (tertiary/aromatic N) is 2. The van der Waals surface area contributed by atoms with Crippen molar-refractivity contribution in [3.8, 4) is 0 Å². The van der Waals surface area contributed by atoms with Gasteiger partial charge in [0.15, 0.2) is 0 Å². The molecule has 5 heteroatoms. The third-order valence-electron chi connectivity index (χ3n) is 3.66. The first kappa shape index (κ1) is 16.4. The number of amides is 1. The van der Waals surface area contributed by atoms with E-state index in [1.54, 1.807) is 6.20 Å². The van der Waals surface area contributed by atoms with Crippen LogP contribution in [0, 0.1) is 5.92 Å². The van der Waals surface area contributed by atoms with Crippen LogP contribution in [0.5, 0.6) is 0 Å². The molecule has 3 N–H and O–H groups in total. The van der Waals surface area contributed by atoms with Crippen LogP contribution in [0.1, 0.15) is 34.1 Å². The van der Waals surface area contributed by atoms with E-state index in [2.05, 4.69) is 29.0 Å². The second kappa shape index (κ2) is 7.85. The van der Waals surface area contributed by atoms with Gasteiger partial charge in [0.2, 0.25) is 5.91 Å². The molecule has 0 radical (unpaired) electrons. The lowest BCUT2D eigenvalue weighted by molar-refractivity contribution is -0.118. The number of nitrogens with two attached hydrogens (primary N) is 1. The molecule has 0 aromatic carbocycles. The molecular formula is C15H26N4O. The molecule has 0 saturated carbocycles. The van der Waals surface area contributed by atoms with E-state index < -0.39 is 6.04 Å². The van der Waals surface area contributed by atoms with Gasteiger partial charge in [-0.1, -0.05) is 20.3 Å². The van der Waals surface area contributed by atoms with Crippen LogP contribution in [-0.4, -0.2) is 30.0 Å². The van der Waals surface area contributed by atoms with Gasteiger partial charge in [0.05, 0.1) is 17.9 Å². The van der Waals surface area contributed by atoms with Crippen LogP contribution in [0.4, 0.5) is 11.5 Å². The van der Waals surface area contributed by atoms with Crippen molar-refractivity contribution in [3.05, 3.63) is 18.3 Å². The first-order chi connectivity index (χ1) is 9.53. The monoisotopic (exact) mass is 278 g/mol. The van der Waals surface area contributed by atoms with Crippen molar-refractivity contribution >= 4 is 17.4 Å². The van der Waals surface area contributed by atoms with E-state index in [1.807, 2.05) is 26.0 Å². The van der Waals surface area contributed by atoms with Crippen molar-refractivity contribution in [2.75, 3.05) is 23.3 Å². The number of hydrogen-bond donors (Lipinski definition) is 2. The molecular weight excluding hydrogens is 252 g/mol. The van der Waals surface area contributed by atoms with Crippen molar-refractivity contribution in [1.82, 2.24) is 4.98 Å². The van der Waals surface area contributed by atoms with E-state index in [0.717, 1.165) is 25.3 Å². The van der Waals surface area contributed by atoms with E-state index >= 15 is 0 Å². The van der Waals surface area contributed by atoms with Crippen LogP contribution in [0.25, 0.3) is 0 Å². The molecule has 1 amide bonds. The van der Waals surface area contributed by atoms with E-state index in [9.17, 15) is 4.79 Å². The molecule has 1 heterocycles. The molecule has 0 aliphatic carbocycles. The highest BCUT2D eigenvalue weighted by atomic mass is 16.2. The normalized spacial score (nSPS) is 13.7. The maximum Gasteiger partial charge on any atom is 0.241 e. The van der Waals surface area contributed by atoms with Gasteiger partial charge in [-0.2, -0.15) is 0 Å². The fourth-order valence-electron chi connectivity index (χ4n) is 1.93. The summed E-state index contributed by atoms with van der Waals surface area (Å²) in [5.74, 6) is 0.925. The molecule has 1 aromatic rings. The maximum atomic E-state index is 12.0. The second-order valence-corrected chi connectivity index (χ2v) is 4.98. The van der Waals surface area contributed by atoms with Gasteiger partial charge < -0.3 is 16.0 Å². The third-order valence-corrected chi connectivity index (χ3v) is 3.66. The van der Waals surface area contributed by atoms with Crippen LogP contribution in [-0.2, 0) is 4.79 Å². The average molecular weight is 278 g/mol. The lowest BCUT2D eigenvalue weighted by Gasteiger charge is -2.20. The number of anilines is 2. The minimum atomic E-state index is -0.484. The molecule has 0 fully saturated rings. The Bertz CT molecular complexity index is 414. The summed E-state index contributed by atoms with van der Waals surface area (Å²) in [4.78, 5) is 18.5. The van der Waals surface area contributed by atoms with Crippen molar-refractivity contribution in [2.45, 2.75) is 40.2 Å². The van der Waals surface area contributed by atoms with Crippen molar-refractivity contribution in [3.63, 3.8) is 0 Å². The highest BCUT2D eigenvalue weighted by Crippen LogP contribution is 2.15. The number of pyridine rings is 1. The van der Waals surface area contributed by atoms with E-state index in [0.29, 0.717) is 5.69 Å². The first-order valence-electron chi connectivity index (χ1n) is 7.30. The molecule has 112 valence electrons. The molecule has 0 spiro atoms. The van der Waals surface area contributed by atoms with Gasteiger partial charge in [-0.25, -0.2) is 4.98 Å². The number of rotatable bonds is 7. The molecule has 0 aliphatic rings. The van der Waals surface area contributed by atoms with Gasteiger partial charge >= 0.3 is 0 Å². The number of aromatic nitrogens is 1. The summed E-state index contributed by atoms with van der Waals surface area (Å²) < 4.78 is 0. The Labute approximate surface area is 121 Å². The van der Waals surface area contributed by atoms with Crippen molar-refractivity contribution < 1.29 is 4.79 Å². The topological polar surface area (TPSA) is 71.2 Å². The Morgan fingerprint density at radius 3 is 2.45 bits per heavy atom. The van der Waals surface area contributed by atoms with Crippen LogP contribution >= 0.6 is 0 Å². The van der Waals surface area contributed by atoms with Crippen LogP contribution < -0.4 is 16.0 Å². The van der Waals surface area contributed by atoms with Gasteiger partial charge in [-0.05, 0) is 31.9 Å². The Morgan fingerprint density at radius 2 is 2.00 bits per heavy atom. The Morgan fingerprint density at radius 1 is 1.35 bits per heavy atom. The molecule has 2 unspecified atom stereocenters. The zero-order valence-corrected chi connectivity index (χ0v) is 12.9. The molecule has 0 aliphatic heterocycles. The summed E-state index contributed by atoms with van der Waals surface area (Å²) >= 11 is 0. The standard InChI is InChI=1S/C15H26N4O/c1-5-11(4)14(16)15(20)18-12-8-9-13(17-10-12)19(6-2)7-3/h8-11,14H,5-7,16H2,1-4H3,(H,18,20). The van der Waals surface area contributed by atoms with Gasteiger partial charge in [0.1, 0.15) is 5.82 Å². The lowest BCUT2D eigenvalue weighted by Crippen LogP contribution is -2.40. The first-order valence-corrected chi connectivity index (χ1v) is 7.30. The predicted molar refractivity (Wildman–Crippen MR) is 83.9 cm³/mol.